The number of aryl methyl sites for hydroxylation is 1. The zero-order chi connectivity index (χ0) is 18.6. The molecular formula is C21H26N2O2S. The van der Waals surface area contributed by atoms with Gasteiger partial charge in [-0.1, -0.05) is 26.0 Å². The number of pyridine rings is 1. The number of piperidine rings is 1. The fraction of sp³-hybridized carbons (Fsp3) is 0.524. The Balaban J connectivity index is 1.51. The Morgan fingerprint density at radius 1 is 1.23 bits per heavy atom. The molecule has 2 aromatic rings. The predicted molar refractivity (Wildman–Crippen MR) is 103 cm³/mol. The highest BCUT2D eigenvalue weighted by atomic mass is 32.1. The third-order valence-corrected chi connectivity index (χ3v) is 7.34. The molecule has 1 aliphatic heterocycles. The van der Waals surface area contributed by atoms with E-state index in [9.17, 15) is 9.90 Å². The zero-order valence-electron chi connectivity index (χ0n) is 15.7. The van der Waals surface area contributed by atoms with Crippen LogP contribution in [0.3, 0.4) is 0 Å². The number of amides is 1. The molecule has 1 saturated carbocycles. The third kappa shape index (κ3) is 2.60. The van der Waals surface area contributed by atoms with E-state index in [-0.39, 0.29) is 16.7 Å². The maximum absolute atomic E-state index is 13.4. The van der Waals surface area contributed by atoms with Crippen LogP contribution in [-0.2, 0) is 15.8 Å². The van der Waals surface area contributed by atoms with E-state index in [1.807, 2.05) is 30.0 Å². The minimum absolute atomic E-state index is 0.00119. The molecule has 2 aromatic heterocycles. The van der Waals surface area contributed by atoms with Gasteiger partial charge in [0.25, 0.3) is 0 Å². The summed E-state index contributed by atoms with van der Waals surface area (Å²) in [5.41, 5.74) is 0.494. The van der Waals surface area contributed by atoms with Crippen molar-refractivity contribution in [1.29, 1.82) is 0 Å². The second-order valence-corrected chi connectivity index (χ2v) is 9.44. The topological polar surface area (TPSA) is 53.4 Å². The summed E-state index contributed by atoms with van der Waals surface area (Å²) in [7, 11) is 0. The van der Waals surface area contributed by atoms with Gasteiger partial charge in [0, 0.05) is 24.2 Å². The first-order valence-electron chi connectivity index (χ1n) is 9.27. The number of hydrogen-bond acceptors (Lipinski definition) is 4. The number of aromatic nitrogens is 1. The maximum Gasteiger partial charge on any atom is 0.234 e. The van der Waals surface area contributed by atoms with Crippen molar-refractivity contribution in [2.24, 2.45) is 5.41 Å². The van der Waals surface area contributed by atoms with E-state index >= 15 is 0 Å². The van der Waals surface area contributed by atoms with Crippen LogP contribution in [0.5, 0.6) is 0 Å². The summed E-state index contributed by atoms with van der Waals surface area (Å²) in [4.78, 5) is 21.0. The normalized spacial score (nSPS) is 26.5. The quantitative estimate of drug-likeness (QED) is 0.898. The minimum Gasteiger partial charge on any atom is -0.383 e. The van der Waals surface area contributed by atoms with Crippen LogP contribution in [0.2, 0.25) is 0 Å². The lowest BCUT2D eigenvalue weighted by Crippen LogP contribution is -2.49. The number of hydrogen-bond donors (Lipinski definition) is 1. The number of rotatable bonds is 3. The van der Waals surface area contributed by atoms with E-state index in [2.05, 4.69) is 30.3 Å². The lowest BCUT2D eigenvalue weighted by Gasteiger charge is -2.39. The highest BCUT2D eigenvalue weighted by molar-refractivity contribution is 7.10. The summed E-state index contributed by atoms with van der Waals surface area (Å²) < 4.78 is 0. The van der Waals surface area contributed by atoms with Gasteiger partial charge in [0.15, 0.2) is 0 Å². The van der Waals surface area contributed by atoms with Crippen molar-refractivity contribution in [2.45, 2.75) is 51.0 Å². The Labute approximate surface area is 158 Å². The van der Waals surface area contributed by atoms with Gasteiger partial charge in [-0.05, 0) is 54.7 Å². The van der Waals surface area contributed by atoms with E-state index in [4.69, 9.17) is 0 Å². The Bertz CT molecular complexity index is 805. The summed E-state index contributed by atoms with van der Waals surface area (Å²) in [6.07, 6.45) is 3.77. The largest absolute Gasteiger partial charge is 0.383 e. The first-order chi connectivity index (χ1) is 12.3. The molecule has 0 radical (unpaired) electrons. The van der Waals surface area contributed by atoms with E-state index in [1.54, 1.807) is 17.5 Å². The highest BCUT2D eigenvalue weighted by Gasteiger charge is 2.68. The standard InChI is InChI=1S/C21H26N2O2S/c1-15-6-7-16(22-13-15)20(25)8-10-23(11-9-20)18(24)21(14-19(21,2)3)17-5-4-12-26-17/h4-7,12-13,25H,8-11,14H2,1-3H3/t21-/m1/s1. The van der Waals surface area contributed by atoms with Crippen molar-refractivity contribution in [3.8, 4) is 0 Å². The van der Waals surface area contributed by atoms with Gasteiger partial charge >= 0.3 is 0 Å². The number of carbonyl (C=O) groups excluding carboxylic acids is 1. The first kappa shape index (κ1) is 17.7. The smallest absolute Gasteiger partial charge is 0.234 e. The molecule has 2 fully saturated rings. The van der Waals surface area contributed by atoms with Gasteiger partial charge < -0.3 is 10.0 Å². The molecule has 0 spiro atoms. The van der Waals surface area contributed by atoms with Gasteiger partial charge in [-0.15, -0.1) is 11.3 Å². The highest BCUT2D eigenvalue weighted by Crippen LogP contribution is 2.66. The van der Waals surface area contributed by atoms with Crippen molar-refractivity contribution < 1.29 is 9.90 Å². The van der Waals surface area contributed by atoms with Gasteiger partial charge in [-0.2, -0.15) is 0 Å². The molecule has 1 N–H and O–H groups in total. The molecule has 1 saturated heterocycles. The number of thiophene rings is 1. The Morgan fingerprint density at radius 2 is 1.92 bits per heavy atom. The average Bonchev–Trinajstić information content (AvgIpc) is 2.99. The second kappa shape index (κ2) is 5.89. The van der Waals surface area contributed by atoms with Crippen LogP contribution in [0.4, 0.5) is 0 Å². The number of carbonyl (C=O) groups is 1. The molecular weight excluding hydrogens is 344 g/mol. The van der Waals surface area contributed by atoms with Crippen molar-refractivity contribution in [3.05, 3.63) is 52.0 Å². The maximum atomic E-state index is 13.4. The second-order valence-electron chi connectivity index (χ2n) is 8.49. The Kier molecular flexibility index (Phi) is 4.01. The van der Waals surface area contributed by atoms with Gasteiger partial charge in [0.2, 0.25) is 5.91 Å². The van der Waals surface area contributed by atoms with Crippen molar-refractivity contribution in [2.75, 3.05) is 13.1 Å². The fourth-order valence-corrected chi connectivity index (χ4v) is 5.48. The van der Waals surface area contributed by atoms with Crippen LogP contribution >= 0.6 is 11.3 Å². The van der Waals surface area contributed by atoms with Gasteiger partial charge in [-0.3, -0.25) is 9.78 Å². The molecule has 0 bridgehead atoms. The first-order valence-corrected chi connectivity index (χ1v) is 10.2. The van der Waals surface area contributed by atoms with Crippen molar-refractivity contribution >= 4 is 17.2 Å². The van der Waals surface area contributed by atoms with Gasteiger partial charge in [0.1, 0.15) is 5.60 Å². The summed E-state index contributed by atoms with van der Waals surface area (Å²) in [5.74, 6) is 0.226. The van der Waals surface area contributed by atoms with Crippen molar-refractivity contribution in [1.82, 2.24) is 9.88 Å². The average molecular weight is 371 g/mol. The molecule has 2 aliphatic rings. The molecule has 26 heavy (non-hydrogen) atoms. The van der Waals surface area contributed by atoms with Gasteiger partial charge in [-0.25, -0.2) is 0 Å². The molecule has 0 aromatic carbocycles. The van der Waals surface area contributed by atoms with Crippen LogP contribution in [-0.4, -0.2) is 34.0 Å². The number of aliphatic hydroxyl groups is 1. The molecule has 0 unspecified atom stereocenters. The van der Waals surface area contributed by atoms with E-state index in [0.29, 0.717) is 25.9 Å². The van der Waals surface area contributed by atoms with Crippen LogP contribution < -0.4 is 0 Å². The molecule has 4 nitrogen and oxygen atoms in total. The molecule has 4 rings (SSSR count). The number of nitrogens with zero attached hydrogens (tertiary/aromatic N) is 2. The fourth-order valence-electron chi connectivity index (χ4n) is 4.38. The minimum atomic E-state index is -0.931. The third-order valence-electron chi connectivity index (χ3n) is 6.31. The molecule has 1 aliphatic carbocycles. The lowest BCUT2D eigenvalue weighted by atomic mass is 9.85. The zero-order valence-corrected chi connectivity index (χ0v) is 16.5. The van der Waals surface area contributed by atoms with Crippen LogP contribution in [0.15, 0.2) is 35.8 Å². The summed E-state index contributed by atoms with van der Waals surface area (Å²) in [5, 5.41) is 13.1. The van der Waals surface area contributed by atoms with Crippen molar-refractivity contribution in [3.63, 3.8) is 0 Å². The summed E-state index contributed by atoms with van der Waals surface area (Å²) in [6.45, 7) is 7.51. The monoisotopic (exact) mass is 370 g/mol. The Morgan fingerprint density at radius 3 is 2.42 bits per heavy atom. The number of likely N-dealkylation sites (tertiary alicyclic amines) is 1. The van der Waals surface area contributed by atoms with Crippen LogP contribution in [0, 0.1) is 12.3 Å². The molecule has 138 valence electrons. The predicted octanol–water partition coefficient (Wildman–Crippen LogP) is 3.63. The van der Waals surface area contributed by atoms with Crippen LogP contribution in [0.25, 0.3) is 0 Å². The lowest BCUT2D eigenvalue weighted by molar-refractivity contribution is -0.139. The summed E-state index contributed by atoms with van der Waals surface area (Å²) in [6, 6.07) is 8.01. The molecule has 3 heterocycles. The molecule has 1 atom stereocenters. The van der Waals surface area contributed by atoms with E-state index in [1.165, 1.54) is 4.88 Å². The van der Waals surface area contributed by atoms with E-state index in [0.717, 1.165) is 17.7 Å². The Hall–Kier alpha value is -1.72. The molecule has 5 heteroatoms. The summed E-state index contributed by atoms with van der Waals surface area (Å²) >= 11 is 1.68. The van der Waals surface area contributed by atoms with Crippen LogP contribution in [0.1, 0.15) is 49.2 Å². The van der Waals surface area contributed by atoms with E-state index < -0.39 is 5.60 Å². The van der Waals surface area contributed by atoms with Gasteiger partial charge in [0.05, 0.1) is 11.1 Å². The SMILES string of the molecule is Cc1ccc(C2(O)CCN(C(=O)[C@]3(c4cccs4)CC3(C)C)CC2)nc1. The molecule has 1 amide bonds.